The molecule has 1 N–H and O–H groups in total. The number of hydrogen-bond acceptors (Lipinski definition) is 3. The Morgan fingerprint density at radius 3 is 2.79 bits per heavy atom. The standard InChI is InChI=1S/C11H19NO2/c1-2-6-11(14)7-12(8-11)9-4-3-5-10(9)13/h9,14H,2-8H2,1H3. The van der Waals surface area contributed by atoms with Gasteiger partial charge in [-0.1, -0.05) is 13.3 Å². The van der Waals surface area contributed by atoms with Crippen molar-refractivity contribution >= 4 is 5.78 Å². The van der Waals surface area contributed by atoms with Crippen LogP contribution in [0.15, 0.2) is 0 Å². The number of Topliss-reactive ketones (excluding diaryl/α,β-unsaturated/α-hetero) is 1. The van der Waals surface area contributed by atoms with E-state index in [4.69, 9.17) is 0 Å². The smallest absolute Gasteiger partial charge is 0.149 e. The molecule has 14 heavy (non-hydrogen) atoms. The van der Waals surface area contributed by atoms with E-state index in [0.717, 1.165) is 32.1 Å². The van der Waals surface area contributed by atoms with Gasteiger partial charge in [0.2, 0.25) is 0 Å². The highest BCUT2D eigenvalue weighted by Gasteiger charge is 2.45. The highest BCUT2D eigenvalue weighted by atomic mass is 16.3. The molecule has 1 aliphatic heterocycles. The zero-order valence-corrected chi connectivity index (χ0v) is 8.83. The van der Waals surface area contributed by atoms with Crippen LogP contribution in [-0.4, -0.2) is 40.5 Å². The molecule has 0 radical (unpaired) electrons. The van der Waals surface area contributed by atoms with Crippen molar-refractivity contribution in [2.24, 2.45) is 0 Å². The van der Waals surface area contributed by atoms with E-state index >= 15 is 0 Å². The summed E-state index contributed by atoms with van der Waals surface area (Å²) in [6.07, 6.45) is 4.66. The van der Waals surface area contributed by atoms with Gasteiger partial charge in [-0.05, 0) is 19.3 Å². The Bertz CT molecular complexity index is 233. The first kappa shape index (κ1) is 10.1. The van der Waals surface area contributed by atoms with Crippen molar-refractivity contribution in [1.29, 1.82) is 0 Å². The Morgan fingerprint density at radius 2 is 2.29 bits per heavy atom. The summed E-state index contributed by atoms with van der Waals surface area (Å²) >= 11 is 0. The molecule has 80 valence electrons. The molecule has 1 atom stereocenters. The average molecular weight is 197 g/mol. The Morgan fingerprint density at radius 1 is 1.57 bits per heavy atom. The molecule has 0 aromatic heterocycles. The molecule has 3 heteroatoms. The second kappa shape index (κ2) is 3.63. The fourth-order valence-corrected chi connectivity index (χ4v) is 2.74. The minimum absolute atomic E-state index is 0.132. The van der Waals surface area contributed by atoms with E-state index in [1.54, 1.807) is 0 Å². The molecular weight excluding hydrogens is 178 g/mol. The Hall–Kier alpha value is -0.410. The van der Waals surface area contributed by atoms with Crippen molar-refractivity contribution in [2.45, 2.75) is 50.7 Å². The van der Waals surface area contributed by atoms with E-state index in [9.17, 15) is 9.90 Å². The van der Waals surface area contributed by atoms with Gasteiger partial charge in [0.05, 0.1) is 11.6 Å². The van der Waals surface area contributed by atoms with E-state index < -0.39 is 5.60 Å². The number of aliphatic hydroxyl groups is 1. The number of β-amino-alcohol motifs (C(OH)–C–C–N with tert-alkyl or cyclic N) is 1. The van der Waals surface area contributed by atoms with Crippen LogP contribution in [0.3, 0.4) is 0 Å². The van der Waals surface area contributed by atoms with Crippen LogP contribution in [0.4, 0.5) is 0 Å². The van der Waals surface area contributed by atoms with E-state index in [1.807, 2.05) is 0 Å². The fraction of sp³-hybridized carbons (Fsp3) is 0.909. The number of hydrogen-bond donors (Lipinski definition) is 1. The molecule has 1 saturated heterocycles. The first-order chi connectivity index (χ1) is 6.64. The lowest BCUT2D eigenvalue weighted by molar-refractivity contribution is -0.140. The summed E-state index contributed by atoms with van der Waals surface area (Å²) in [7, 11) is 0. The minimum Gasteiger partial charge on any atom is -0.387 e. The summed E-state index contributed by atoms with van der Waals surface area (Å²) in [5.74, 6) is 0.378. The maximum Gasteiger partial charge on any atom is 0.149 e. The first-order valence-corrected chi connectivity index (χ1v) is 5.64. The SMILES string of the molecule is CCCC1(O)CN(C2CCCC2=O)C1. The zero-order valence-electron chi connectivity index (χ0n) is 8.83. The van der Waals surface area contributed by atoms with Gasteiger partial charge in [-0.15, -0.1) is 0 Å². The highest BCUT2D eigenvalue weighted by molar-refractivity contribution is 5.86. The van der Waals surface area contributed by atoms with Gasteiger partial charge in [0.25, 0.3) is 0 Å². The molecule has 2 fully saturated rings. The van der Waals surface area contributed by atoms with Crippen LogP contribution in [0, 0.1) is 0 Å². The Balaban J connectivity index is 1.84. The largest absolute Gasteiger partial charge is 0.387 e. The number of carbonyl (C=O) groups excluding carboxylic acids is 1. The number of carbonyl (C=O) groups is 1. The summed E-state index contributed by atoms with van der Waals surface area (Å²) in [5, 5.41) is 9.97. The van der Waals surface area contributed by atoms with Gasteiger partial charge in [-0.3, -0.25) is 9.69 Å². The van der Waals surface area contributed by atoms with Gasteiger partial charge in [0.15, 0.2) is 0 Å². The molecule has 0 bridgehead atoms. The molecule has 0 amide bonds. The highest BCUT2D eigenvalue weighted by Crippen LogP contribution is 2.32. The third-order valence-corrected chi connectivity index (χ3v) is 3.42. The minimum atomic E-state index is -0.488. The topological polar surface area (TPSA) is 40.5 Å². The van der Waals surface area contributed by atoms with Crippen LogP contribution in [0.25, 0.3) is 0 Å². The van der Waals surface area contributed by atoms with Crippen molar-refractivity contribution in [1.82, 2.24) is 4.90 Å². The normalized spacial score (nSPS) is 31.9. The average Bonchev–Trinajstić information content (AvgIpc) is 2.47. The van der Waals surface area contributed by atoms with Gasteiger partial charge >= 0.3 is 0 Å². The summed E-state index contributed by atoms with van der Waals surface area (Å²) in [6.45, 7) is 3.50. The van der Waals surface area contributed by atoms with Crippen molar-refractivity contribution < 1.29 is 9.90 Å². The molecule has 1 saturated carbocycles. The Kier molecular flexibility index (Phi) is 2.62. The molecule has 0 aromatic carbocycles. The lowest BCUT2D eigenvalue weighted by Gasteiger charge is -2.49. The van der Waals surface area contributed by atoms with Crippen LogP contribution in [0.1, 0.15) is 39.0 Å². The quantitative estimate of drug-likeness (QED) is 0.732. The maximum absolute atomic E-state index is 11.5. The molecular formula is C11H19NO2. The van der Waals surface area contributed by atoms with Crippen molar-refractivity contribution in [3.63, 3.8) is 0 Å². The lowest BCUT2D eigenvalue weighted by Crippen LogP contribution is -2.65. The molecule has 3 nitrogen and oxygen atoms in total. The van der Waals surface area contributed by atoms with Crippen molar-refractivity contribution in [3.05, 3.63) is 0 Å². The van der Waals surface area contributed by atoms with Gasteiger partial charge in [-0.25, -0.2) is 0 Å². The third-order valence-electron chi connectivity index (χ3n) is 3.42. The van der Waals surface area contributed by atoms with Crippen molar-refractivity contribution in [3.8, 4) is 0 Å². The van der Waals surface area contributed by atoms with Gasteiger partial charge < -0.3 is 5.11 Å². The van der Waals surface area contributed by atoms with E-state index in [1.165, 1.54) is 0 Å². The summed E-state index contributed by atoms with van der Waals surface area (Å²) in [6, 6.07) is 0.132. The summed E-state index contributed by atoms with van der Waals surface area (Å²) in [5.41, 5.74) is -0.488. The predicted molar refractivity (Wildman–Crippen MR) is 54.1 cm³/mol. The number of rotatable bonds is 3. The van der Waals surface area contributed by atoms with Crippen LogP contribution >= 0.6 is 0 Å². The first-order valence-electron chi connectivity index (χ1n) is 5.64. The van der Waals surface area contributed by atoms with E-state index in [2.05, 4.69) is 11.8 Å². The second-order valence-corrected chi connectivity index (χ2v) is 4.75. The lowest BCUT2D eigenvalue weighted by atomic mass is 9.87. The molecule has 1 unspecified atom stereocenters. The monoisotopic (exact) mass is 197 g/mol. The molecule has 0 aromatic rings. The predicted octanol–water partition coefficient (Wildman–Crippen LogP) is 0.955. The van der Waals surface area contributed by atoms with Gasteiger partial charge in [0, 0.05) is 19.5 Å². The molecule has 2 aliphatic rings. The Labute approximate surface area is 85.1 Å². The van der Waals surface area contributed by atoms with Gasteiger partial charge in [0.1, 0.15) is 5.78 Å². The van der Waals surface area contributed by atoms with Gasteiger partial charge in [-0.2, -0.15) is 0 Å². The number of likely N-dealkylation sites (tertiary alicyclic amines) is 1. The number of ketones is 1. The molecule has 0 spiro atoms. The second-order valence-electron chi connectivity index (χ2n) is 4.75. The van der Waals surface area contributed by atoms with Crippen molar-refractivity contribution in [2.75, 3.05) is 13.1 Å². The fourth-order valence-electron chi connectivity index (χ4n) is 2.74. The number of nitrogens with zero attached hydrogens (tertiary/aromatic N) is 1. The molecule has 1 heterocycles. The van der Waals surface area contributed by atoms with Crippen LogP contribution < -0.4 is 0 Å². The van der Waals surface area contributed by atoms with Crippen LogP contribution in [0.2, 0.25) is 0 Å². The third kappa shape index (κ3) is 1.71. The maximum atomic E-state index is 11.5. The van der Waals surface area contributed by atoms with E-state index in [-0.39, 0.29) is 6.04 Å². The zero-order chi connectivity index (χ0) is 10.2. The van der Waals surface area contributed by atoms with Crippen LogP contribution in [0.5, 0.6) is 0 Å². The summed E-state index contributed by atoms with van der Waals surface area (Å²) in [4.78, 5) is 13.6. The van der Waals surface area contributed by atoms with Crippen LogP contribution in [-0.2, 0) is 4.79 Å². The van der Waals surface area contributed by atoms with E-state index in [0.29, 0.717) is 18.9 Å². The molecule has 2 rings (SSSR count). The summed E-state index contributed by atoms with van der Waals surface area (Å²) < 4.78 is 0. The molecule has 1 aliphatic carbocycles.